The smallest absolute Gasteiger partial charge is 0.152 e. The highest BCUT2D eigenvalue weighted by Crippen LogP contribution is 2.22. The van der Waals surface area contributed by atoms with Crippen molar-refractivity contribution in [3.8, 4) is 11.4 Å². The molecule has 0 aliphatic rings. The highest BCUT2D eigenvalue weighted by atomic mass is 15.3. The fourth-order valence-corrected chi connectivity index (χ4v) is 1.74. The van der Waals surface area contributed by atoms with Crippen molar-refractivity contribution in [2.45, 2.75) is 0 Å². The number of anilines is 1. The van der Waals surface area contributed by atoms with Crippen molar-refractivity contribution in [3.05, 3.63) is 36.5 Å². The molecular weight excluding hydrogens is 214 g/mol. The van der Waals surface area contributed by atoms with Gasteiger partial charge in [0.05, 0.1) is 11.0 Å². The summed E-state index contributed by atoms with van der Waals surface area (Å²) < 4.78 is 1.71. The van der Waals surface area contributed by atoms with Crippen molar-refractivity contribution >= 4 is 16.9 Å². The van der Waals surface area contributed by atoms with Gasteiger partial charge in [0.15, 0.2) is 5.82 Å². The van der Waals surface area contributed by atoms with Gasteiger partial charge in [-0.3, -0.25) is 4.68 Å². The Labute approximate surface area is 97.9 Å². The quantitative estimate of drug-likeness (QED) is 0.683. The van der Waals surface area contributed by atoms with Crippen LogP contribution < -0.4 is 5.73 Å². The maximum Gasteiger partial charge on any atom is 0.152 e. The molecule has 0 saturated carbocycles. The van der Waals surface area contributed by atoms with Gasteiger partial charge in [-0.25, -0.2) is 9.97 Å². The largest absolute Gasteiger partial charge is 0.382 e. The second kappa shape index (κ2) is 3.55. The molecule has 2 N–H and O–H groups in total. The van der Waals surface area contributed by atoms with E-state index in [0.717, 1.165) is 16.7 Å². The van der Waals surface area contributed by atoms with Crippen molar-refractivity contribution in [1.29, 1.82) is 0 Å². The lowest BCUT2D eigenvalue weighted by molar-refractivity contribution is 0.770. The van der Waals surface area contributed by atoms with Crippen LogP contribution in [0.2, 0.25) is 0 Å². The first-order valence-electron chi connectivity index (χ1n) is 5.26. The van der Waals surface area contributed by atoms with Crippen LogP contribution >= 0.6 is 0 Å². The van der Waals surface area contributed by atoms with Crippen molar-refractivity contribution in [3.63, 3.8) is 0 Å². The number of aryl methyl sites for hydroxylation is 1. The van der Waals surface area contributed by atoms with Gasteiger partial charge in [-0.2, -0.15) is 5.10 Å². The zero-order valence-corrected chi connectivity index (χ0v) is 9.33. The molecule has 0 unspecified atom stereocenters. The third-order valence-corrected chi connectivity index (χ3v) is 2.55. The van der Waals surface area contributed by atoms with E-state index in [2.05, 4.69) is 15.1 Å². The van der Waals surface area contributed by atoms with Crippen molar-refractivity contribution in [2.24, 2.45) is 7.05 Å². The topological polar surface area (TPSA) is 69.6 Å². The minimum absolute atomic E-state index is 0.405. The number of fused-ring (bicyclic) bond motifs is 1. The minimum Gasteiger partial charge on any atom is -0.382 e. The number of hydrogen-bond donors (Lipinski definition) is 1. The maximum absolute atomic E-state index is 5.91. The van der Waals surface area contributed by atoms with Crippen LogP contribution in [0.5, 0.6) is 0 Å². The molecule has 3 rings (SSSR count). The molecule has 0 radical (unpaired) electrons. The first-order chi connectivity index (χ1) is 8.24. The lowest BCUT2D eigenvalue weighted by Crippen LogP contribution is -1.99. The van der Waals surface area contributed by atoms with Gasteiger partial charge in [0.2, 0.25) is 0 Å². The minimum atomic E-state index is 0.405. The summed E-state index contributed by atoms with van der Waals surface area (Å²) in [4.78, 5) is 8.82. The van der Waals surface area contributed by atoms with Gasteiger partial charge in [-0.05, 0) is 18.2 Å². The normalized spacial score (nSPS) is 10.9. The Kier molecular flexibility index (Phi) is 2.04. The fraction of sp³-hybridized carbons (Fsp3) is 0.0833. The molecule has 0 bridgehead atoms. The first kappa shape index (κ1) is 9.77. The zero-order valence-electron chi connectivity index (χ0n) is 9.33. The molecule has 0 aliphatic heterocycles. The fourth-order valence-electron chi connectivity index (χ4n) is 1.74. The number of aromatic nitrogens is 4. The molecule has 1 aromatic carbocycles. The van der Waals surface area contributed by atoms with Crippen LogP contribution in [0.25, 0.3) is 22.4 Å². The number of nitrogens with two attached hydrogens (primary N) is 1. The van der Waals surface area contributed by atoms with Crippen molar-refractivity contribution in [2.75, 3.05) is 5.73 Å². The predicted octanol–water partition coefficient (Wildman–Crippen LogP) is 1.61. The zero-order chi connectivity index (χ0) is 11.8. The average Bonchev–Trinajstić information content (AvgIpc) is 2.75. The summed E-state index contributed by atoms with van der Waals surface area (Å²) in [5.41, 5.74) is 8.89. The molecule has 0 aliphatic carbocycles. The number of nitrogen functional groups attached to an aromatic ring is 1. The Hall–Kier alpha value is -2.43. The van der Waals surface area contributed by atoms with Gasteiger partial charge < -0.3 is 5.73 Å². The van der Waals surface area contributed by atoms with Crippen LogP contribution in [0.1, 0.15) is 0 Å². The molecule has 0 fully saturated rings. The standard InChI is InChI=1S/C12H11N5/c1-17-7-6-10(16-17)11-12(13)15-9-5-3-2-4-8(9)14-11/h2-7H,1H3,(H2,13,15). The number of benzene rings is 1. The molecule has 0 saturated heterocycles. The Morgan fingerprint density at radius 2 is 1.76 bits per heavy atom. The summed E-state index contributed by atoms with van der Waals surface area (Å²) in [5.74, 6) is 0.405. The lowest BCUT2D eigenvalue weighted by Gasteiger charge is -2.03. The van der Waals surface area contributed by atoms with E-state index in [1.165, 1.54) is 0 Å². The number of hydrogen-bond acceptors (Lipinski definition) is 4. The number of para-hydroxylation sites is 2. The lowest BCUT2D eigenvalue weighted by atomic mass is 10.2. The van der Waals surface area contributed by atoms with Gasteiger partial charge in [0, 0.05) is 13.2 Å². The van der Waals surface area contributed by atoms with Gasteiger partial charge in [-0.1, -0.05) is 12.1 Å². The van der Waals surface area contributed by atoms with E-state index >= 15 is 0 Å². The Bertz CT molecular complexity index is 686. The van der Waals surface area contributed by atoms with E-state index in [1.54, 1.807) is 4.68 Å². The molecule has 2 heterocycles. The summed E-state index contributed by atoms with van der Waals surface area (Å²) >= 11 is 0. The summed E-state index contributed by atoms with van der Waals surface area (Å²) in [6.07, 6.45) is 1.85. The third kappa shape index (κ3) is 1.61. The summed E-state index contributed by atoms with van der Waals surface area (Å²) in [6.45, 7) is 0. The van der Waals surface area contributed by atoms with Crippen molar-refractivity contribution < 1.29 is 0 Å². The molecule has 2 aromatic heterocycles. The number of nitrogens with zero attached hydrogens (tertiary/aromatic N) is 4. The van der Waals surface area contributed by atoms with E-state index < -0.39 is 0 Å². The van der Waals surface area contributed by atoms with Crippen LogP contribution in [0.3, 0.4) is 0 Å². The number of rotatable bonds is 1. The van der Waals surface area contributed by atoms with Gasteiger partial charge in [-0.15, -0.1) is 0 Å². The molecule has 17 heavy (non-hydrogen) atoms. The SMILES string of the molecule is Cn1ccc(-c2nc3ccccc3nc2N)n1. The molecule has 3 aromatic rings. The molecule has 0 atom stereocenters. The van der Waals surface area contributed by atoms with Crippen LogP contribution in [0.4, 0.5) is 5.82 Å². The maximum atomic E-state index is 5.91. The monoisotopic (exact) mass is 225 g/mol. The van der Waals surface area contributed by atoms with Gasteiger partial charge >= 0.3 is 0 Å². The van der Waals surface area contributed by atoms with Crippen LogP contribution in [0, 0.1) is 0 Å². The highest BCUT2D eigenvalue weighted by molar-refractivity contribution is 5.81. The molecule has 5 heteroatoms. The van der Waals surface area contributed by atoms with Crippen LogP contribution in [0.15, 0.2) is 36.5 Å². The van der Waals surface area contributed by atoms with Crippen molar-refractivity contribution in [1.82, 2.24) is 19.7 Å². The van der Waals surface area contributed by atoms with E-state index in [1.807, 2.05) is 43.6 Å². The highest BCUT2D eigenvalue weighted by Gasteiger charge is 2.10. The van der Waals surface area contributed by atoms with E-state index in [-0.39, 0.29) is 0 Å². The van der Waals surface area contributed by atoms with E-state index in [0.29, 0.717) is 11.5 Å². The van der Waals surface area contributed by atoms with E-state index in [9.17, 15) is 0 Å². The third-order valence-electron chi connectivity index (χ3n) is 2.55. The predicted molar refractivity (Wildman–Crippen MR) is 66.2 cm³/mol. The second-order valence-electron chi connectivity index (χ2n) is 3.82. The Morgan fingerprint density at radius 1 is 1.06 bits per heavy atom. The molecular formula is C12H11N5. The average molecular weight is 225 g/mol. The Morgan fingerprint density at radius 3 is 2.41 bits per heavy atom. The summed E-state index contributed by atoms with van der Waals surface area (Å²) in [5, 5.41) is 4.28. The van der Waals surface area contributed by atoms with E-state index in [4.69, 9.17) is 5.73 Å². The summed E-state index contributed by atoms with van der Waals surface area (Å²) in [6, 6.07) is 9.51. The van der Waals surface area contributed by atoms with Gasteiger partial charge in [0.25, 0.3) is 0 Å². The molecule has 84 valence electrons. The first-order valence-corrected chi connectivity index (χ1v) is 5.26. The second-order valence-corrected chi connectivity index (χ2v) is 3.82. The van der Waals surface area contributed by atoms with Gasteiger partial charge in [0.1, 0.15) is 11.4 Å². The molecule has 0 amide bonds. The molecule has 5 nitrogen and oxygen atoms in total. The Balaban J connectivity index is 2.26. The molecule has 0 spiro atoms. The summed E-state index contributed by atoms with van der Waals surface area (Å²) in [7, 11) is 1.86. The van der Waals surface area contributed by atoms with Crippen LogP contribution in [-0.2, 0) is 7.05 Å². The van der Waals surface area contributed by atoms with Crippen LogP contribution in [-0.4, -0.2) is 19.7 Å².